The fourth-order valence-corrected chi connectivity index (χ4v) is 3.17. The minimum Gasteiger partial charge on any atom is -0.435 e. The van der Waals surface area contributed by atoms with Crippen LogP contribution in [0.5, 0.6) is 0 Å². The second-order valence-corrected chi connectivity index (χ2v) is 6.50. The van der Waals surface area contributed by atoms with Gasteiger partial charge in [-0.3, -0.25) is 4.79 Å². The van der Waals surface area contributed by atoms with Gasteiger partial charge >= 0.3 is 6.16 Å². The van der Waals surface area contributed by atoms with Gasteiger partial charge in [-0.05, 0) is 44.7 Å². The number of aryl methyl sites for hydroxylation is 2. The molecule has 0 spiro atoms. The number of ether oxygens (including phenoxy) is 2. The van der Waals surface area contributed by atoms with E-state index in [-0.39, 0.29) is 18.4 Å². The van der Waals surface area contributed by atoms with Gasteiger partial charge in [0.2, 0.25) is 5.91 Å². The summed E-state index contributed by atoms with van der Waals surface area (Å²) in [5.74, 6) is 0.0917. The Kier molecular flexibility index (Phi) is 6.23. The highest BCUT2D eigenvalue weighted by Crippen LogP contribution is 2.26. The largest absolute Gasteiger partial charge is 0.510 e. The smallest absolute Gasteiger partial charge is 0.435 e. The number of nitrogens with zero attached hydrogens (tertiary/aromatic N) is 1. The Hall–Kier alpha value is -2.04. The Morgan fingerprint density at radius 1 is 1.29 bits per heavy atom. The van der Waals surface area contributed by atoms with Crippen molar-refractivity contribution in [3.8, 4) is 0 Å². The predicted octanol–water partition coefficient (Wildman–Crippen LogP) is 3.60. The molecule has 5 heteroatoms. The summed E-state index contributed by atoms with van der Waals surface area (Å²) in [7, 11) is 0. The summed E-state index contributed by atoms with van der Waals surface area (Å²) < 4.78 is 10.3. The Morgan fingerprint density at radius 2 is 2.04 bits per heavy atom. The number of amides is 1. The average Bonchev–Trinajstić information content (AvgIpc) is 2.52. The quantitative estimate of drug-likeness (QED) is 0.790. The van der Waals surface area contributed by atoms with Crippen LogP contribution >= 0.6 is 0 Å². The molecule has 0 saturated carbocycles. The highest BCUT2D eigenvalue weighted by Gasteiger charge is 2.35. The molecule has 24 heavy (non-hydrogen) atoms. The Bertz CT molecular complexity index is 599. The van der Waals surface area contributed by atoms with Crippen LogP contribution in [-0.2, 0) is 20.7 Å². The maximum absolute atomic E-state index is 12.8. The van der Waals surface area contributed by atoms with Crippen molar-refractivity contribution in [1.82, 2.24) is 4.90 Å². The minimum absolute atomic E-state index is 0.0113. The molecule has 2 atom stereocenters. The summed E-state index contributed by atoms with van der Waals surface area (Å²) in [6.07, 6.45) is 0.915. The van der Waals surface area contributed by atoms with E-state index in [1.54, 1.807) is 11.8 Å². The SMILES string of the molecule is CCOC(=O)OC1C(C)CCCN1C(=O)Cc1ccc(C)cc1C. The topological polar surface area (TPSA) is 55.8 Å². The molecule has 1 aromatic rings. The fraction of sp³-hybridized carbons (Fsp3) is 0.579. The van der Waals surface area contributed by atoms with Crippen molar-refractivity contribution in [1.29, 1.82) is 0 Å². The first kappa shape index (κ1) is 18.3. The van der Waals surface area contributed by atoms with E-state index in [0.717, 1.165) is 24.0 Å². The van der Waals surface area contributed by atoms with Gasteiger partial charge < -0.3 is 14.4 Å². The van der Waals surface area contributed by atoms with Crippen LogP contribution in [-0.4, -0.2) is 36.3 Å². The number of hydrogen-bond acceptors (Lipinski definition) is 4. The summed E-state index contributed by atoms with van der Waals surface area (Å²) >= 11 is 0. The number of hydrogen-bond donors (Lipinski definition) is 0. The van der Waals surface area contributed by atoms with E-state index in [9.17, 15) is 9.59 Å². The molecule has 0 aliphatic carbocycles. The summed E-state index contributed by atoms with van der Waals surface area (Å²) in [5.41, 5.74) is 3.30. The normalized spacial score (nSPS) is 20.6. The number of piperidine rings is 1. The molecule has 2 rings (SSSR count). The summed E-state index contributed by atoms with van der Waals surface area (Å²) in [6.45, 7) is 8.65. The van der Waals surface area contributed by atoms with E-state index in [1.165, 1.54) is 5.56 Å². The van der Waals surface area contributed by atoms with E-state index in [4.69, 9.17) is 9.47 Å². The van der Waals surface area contributed by atoms with Crippen LogP contribution in [0.4, 0.5) is 4.79 Å². The number of rotatable bonds is 4. The first-order valence-electron chi connectivity index (χ1n) is 8.61. The second-order valence-electron chi connectivity index (χ2n) is 6.50. The highest BCUT2D eigenvalue weighted by molar-refractivity contribution is 5.79. The van der Waals surface area contributed by atoms with Crippen molar-refractivity contribution in [2.45, 2.75) is 53.2 Å². The minimum atomic E-state index is -0.708. The number of benzene rings is 1. The van der Waals surface area contributed by atoms with Crippen LogP contribution in [0.1, 0.15) is 43.4 Å². The Labute approximate surface area is 143 Å². The molecule has 1 fully saturated rings. The van der Waals surface area contributed by atoms with Gasteiger partial charge in [-0.1, -0.05) is 30.7 Å². The molecule has 1 saturated heterocycles. The molecule has 132 valence electrons. The van der Waals surface area contributed by atoms with Gasteiger partial charge in [-0.2, -0.15) is 0 Å². The molecular formula is C19H27NO4. The maximum atomic E-state index is 12.8. The van der Waals surface area contributed by atoms with Crippen molar-refractivity contribution in [3.63, 3.8) is 0 Å². The monoisotopic (exact) mass is 333 g/mol. The zero-order valence-electron chi connectivity index (χ0n) is 15.0. The van der Waals surface area contributed by atoms with E-state index in [1.807, 2.05) is 32.9 Å². The fourth-order valence-electron chi connectivity index (χ4n) is 3.17. The van der Waals surface area contributed by atoms with Gasteiger partial charge in [0.05, 0.1) is 13.0 Å². The van der Waals surface area contributed by atoms with E-state index in [0.29, 0.717) is 13.0 Å². The standard InChI is InChI=1S/C19H27NO4/c1-5-23-19(22)24-18-14(3)7-6-10-20(18)17(21)12-16-9-8-13(2)11-15(16)4/h8-9,11,14,18H,5-7,10,12H2,1-4H3. The van der Waals surface area contributed by atoms with Crippen molar-refractivity contribution in [2.24, 2.45) is 5.92 Å². The van der Waals surface area contributed by atoms with Crippen LogP contribution in [0.15, 0.2) is 18.2 Å². The zero-order valence-corrected chi connectivity index (χ0v) is 15.0. The predicted molar refractivity (Wildman–Crippen MR) is 91.6 cm³/mol. The average molecular weight is 333 g/mol. The van der Waals surface area contributed by atoms with Crippen LogP contribution in [0, 0.1) is 19.8 Å². The maximum Gasteiger partial charge on any atom is 0.510 e. The van der Waals surface area contributed by atoms with Gasteiger partial charge in [0, 0.05) is 12.5 Å². The molecule has 0 radical (unpaired) electrons. The van der Waals surface area contributed by atoms with E-state index in [2.05, 4.69) is 6.07 Å². The molecular weight excluding hydrogens is 306 g/mol. The van der Waals surface area contributed by atoms with Gasteiger partial charge in [-0.15, -0.1) is 0 Å². The molecule has 1 aromatic carbocycles. The van der Waals surface area contributed by atoms with Crippen molar-refractivity contribution < 1.29 is 19.1 Å². The molecule has 1 heterocycles. The number of carbonyl (C=O) groups excluding carboxylic acids is 2. The third-order valence-corrected chi connectivity index (χ3v) is 4.49. The van der Waals surface area contributed by atoms with Gasteiger partial charge in [0.15, 0.2) is 6.23 Å². The second kappa shape index (κ2) is 8.18. The lowest BCUT2D eigenvalue weighted by atomic mass is 9.96. The van der Waals surface area contributed by atoms with E-state index >= 15 is 0 Å². The number of carbonyl (C=O) groups is 2. The van der Waals surface area contributed by atoms with Crippen LogP contribution in [0.25, 0.3) is 0 Å². The van der Waals surface area contributed by atoms with Crippen LogP contribution in [0.2, 0.25) is 0 Å². The molecule has 0 bridgehead atoms. The lowest BCUT2D eigenvalue weighted by Crippen LogP contribution is -2.50. The van der Waals surface area contributed by atoms with Crippen molar-refractivity contribution in [3.05, 3.63) is 34.9 Å². The molecule has 0 N–H and O–H groups in total. The summed E-state index contributed by atoms with van der Waals surface area (Å²) in [4.78, 5) is 26.2. The lowest BCUT2D eigenvalue weighted by molar-refractivity contribution is -0.151. The van der Waals surface area contributed by atoms with E-state index < -0.39 is 12.4 Å². The Morgan fingerprint density at radius 3 is 2.71 bits per heavy atom. The van der Waals surface area contributed by atoms with Crippen LogP contribution < -0.4 is 0 Å². The first-order valence-corrected chi connectivity index (χ1v) is 8.61. The molecule has 1 aliphatic rings. The molecule has 0 aromatic heterocycles. The van der Waals surface area contributed by atoms with Gasteiger partial charge in [0.25, 0.3) is 0 Å². The third kappa shape index (κ3) is 4.49. The van der Waals surface area contributed by atoms with Crippen LogP contribution in [0.3, 0.4) is 0 Å². The summed E-state index contributed by atoms with van der Waals surface area (Å²) in [5, 5.41) is 0. The molecule has 1 amide bonds. The highest BCUT2D eigenvalue weighted by atomic mass is 16.7. The molecule has 2 unspecified atom stereocenters. The third-order valence-electron chi connectivity index (χ3n) is 4.49. The zero-order chi connectivity index (χ0) is 17.7. The van der Waals surface area contributed by atoms with Crippen molar-refractivity contribution >= 4 is 12.1 Å². The van der Waals surface area contributed by atoms with Gasteiger partial charge in [-0.25, -0.2) is 4.79 Å². The molecule has 1 aliphatic heterocycles. The van der Waals surface area contributed by atoms with Crippen molar-refractivity contribution in [2.75, 3.05) is 13.2 Å². The lowest BCUT2D eigenvalue weighted by Gasteiger charge is -2.38. The first-order chi connectivity index (χ1) is 11.4. The Balaban J connectivity index is 2.10. The molecule has 5 nitrogen and oxygen atoms in total. The summed E-state index contributed by atoms with van der Waals surface area (Å²) in [6, 6.07) is 6.09. The number of likely N-dealkylation sites (tertiary alicyclic amines) is 1. The van der Waals surface area contributed by atoms with Gasteiger partial charge in [0.1, 0.15) is 0 Å².